The minimum Gasteiger partial charge on any atom is -0.436 e. The highest BCUT2D eigenvalue weighted by atomic mass is 16.6. The van der Waals surface area contributed by atoms with Gasteiger partial charge in [0.2, 0.25) is 11.8 Å². The number of benzene rings is 2. The van der Waals surface area contributed by atoms with E-state index in [2.05, 4.69) is 4.98 Å². The summed E-state index contributed by atoms with van der Waals surface area (Å²) in [5, 5.41) is 0. The van der Waals surface area contributed by atoms with Gasteiger partial charge in [0.1, 0.15) is 5.52 Å². The molecule has 0 atom stereocenters. The van der Waals surface area contributed by atoms with Crippen LogP contribution < -0.4 is 16.5 Å². The van der Waals surface area contributed by atoms with Crippen molar-refractivity contribution in [2.75, 3.05) is 0 Å². The van der Waals surface area contributed by atoms with E-state index in [1.807, 2.05) is 6.07 Å². The van der Waals surface area contributed by atoms with Gasteiger partial charge in [-0.15, -0.1) is 0 Å². The van der Waals surface area contributed by atoms with Crippen LogP contribution in [0.15, 0.2) is 46.9 Å². The molecule has 0 aliphatic heterocycles. The average Bonchev–Trinajstić information content (AvgIpc) is 2.89. The predicted octanol–water partition coefficient (Wildman–Crippen LogP) is 1.85. The number of carbonyl (C=O) groups is 1. The number of hydrogen-bond acceptors (Lipinski definition) is 5. The Balaban J connectivity index is 2.15. The summed E-state index contributed by atoms with van der Waals surface area (Å²) in [7, 11) is 0. The molecule has 0 fully saturated rings. The Bertz CT molecular complexity index is 795. The topological polar surface area (TPSA) is 104 Å². The fourth-order valence-corrected chi connectivity index (χ4v) is 1.94. The van der Waals surface area contributed by atoms with Crippen molar-refractivity contribution >= 4 is 17.0 Å². The highest BCUT2D eigenvalue weighted by Gasteiger charge is 2.14. The summed E-state index contributed by atoms with van der Waals surface area (Å²) in [5.74, 6) is 5.51. The number of aromatic nitrogens is 1. The Kier molecular flexibility index (Phi) is 2.85. The van der Waals surface area contributed by atoms with Gasteiger partial charge in [0, 0.05) is 5.56 Å². The average molecular weight is 269 g/mol. The predicted molar refractivity (Wildman–Crippen MR) is 72.8 cm³/mol. The first-order valence-electron chi connectivity index (χ1n) is 5.85. The van der Waals surface area contributed by atoms with E-state index in [4.69, 9.17) is 20.9 Å². The van der Waals surface area contributed by atoms with Crippen LogP contribution in [0.3, 0.4) is 0 Å². The van der Waals surface area contributed by atoms with Gasteiger partial charge in [-0.05, 0) is 30.3 Å². The summed E-state index contributed by atoms with van der Waals surface area (Å²) in [6.45, 7) is 0. The molecule has 6 nitrogen and oxygen atoms in total. The molecule has 0 saturated carbocycles. The van der Waals surface area contributed by atoms with E-state index >= 15 is 0 Å². The van der Waals surface area contributed by atoms with Gasteiger partial charge in [-0.1, -0.05) is 12.1 Å². The maximum atomic E-state index is 11.1. The van der Waals surface area contributed by atoms with E-state index in [-0.39, 0.29) is 0 Å². The van der Waals surface area contributed by atoms with E-state index < -0.39 is 5.91 Å². The van der Waals surface area contributed by atoms with E-state index in [1.165, 1.54) is 0 Å². The molecule has 100 valence electrons. The Hall–Kier alpha value is -2.86. The zero-order chi connectivity index (χ0) is 14.1. The molecule has 0 spiro atoms. The third-order valence-electron chi connectivity index (χ3n) is 2.92. The molecule has 1 heterocycles. The molecule has 20 heavy (non-hydrogen) atoms. The smallest absolute Gasteiger partial charge is 0.248 e. The third kappa shape index (κ3) is 1.98. The highest BCUT2D eigenvalue weighted by molar-refractivity contribution is 5.96. The molecule has 0 unspecified atom stereocenters. The lowest BCUT2D eigenvalue weighted by Gasteiger charge is -2.02. The van der Waals surface area contributed by atoms with Gasteiger partial charge in [-0.2, -0.15) is 5.90 Å². The minimum absolute atomic E-state index is 0.364. The first-order chi connectivity index (χ1) is 9.69. The minimum atomic E-state index is -0.518. The zero-order valence-corrected chi connectivity index (χ0v) is 10.4. The molecule has 6 heteroatoms. The van der Waals surface area contributed by atoms with Crippen molar-refractivity contribution in [1.82, 2.24) is 4.98 Å². The third-order valence-corrected chi connectivity index (χ3v) is 2.92. The molecule has 3 aromatic rings. The van der Waals surface area contributed by atoms with Crippen LogP contribution in [0.5, 0.6) is 5.75 Å². The first kappa shape index (κ1) is 12.2. The normalized spacial score (nSPS) is 10.7. The summed E-state index contributed by atoms with van der Waals surface area (Å²) in [6, 6.07) is 11.9. The van der Waals surface area contributed by atoms with Crippen LogP contribution in [0.2, 0.25) is 0 Å². The zero-order valence-electron chi connectivity index (χ0n) is 10.4. The molecule has 2 aromatic carbocycles. The van der Waals surface area contributed by atoms with Gasteiger partial charge < -0.3 is 15.0 Å². The molecule has 3 rings (SSSR count). The highest BCUT2D eigenvalue weighted by Crippen LogP contribution is 2.31. The van der Waals surface area contributed by atoms with Crippen molar-refractivity contribution in [2.24, 2.45) is 11.6 Å². The second-order valence-corrected chi connectivity index (χ2v) is 4.18. The number of fused-ring (bicyclic) bond motifs is 1. The lowest BCUT2D eigenvalue weighted by atomic mass is 10.2. The number of hydrogen-bond donors (Lipinski definition) is 2. The standard InChI is InChI=1S/C14H11N3O3/c15-13(18)8-5-6-10-12(7-8)19-14(17-10)9-3-1-2-4-11(9)20-16/h1-7H,16H2,(H2,15,18). The van der Waals surface area contributed by atoms with Crippen molar-refractivity contribution in [3.8, 4) is 17.2 Å². The number of oxazole rings is 1. The molecule has 0 bridgehead atoms. The summed E-state index contributed by atoms with van der Waals surface area (Å²) in [4.78, 5) is 20.3. The fraction of sp³-hybridized carbons (Fsp3) is 0. The maximum Gasteiger partial charge on any atom is 0.248 e. The number of nitrogens with zero attached hydrogens (tertiary/aromatic N) is 1. The summed E-state index contributed by atoms with van der Waals surface area (Å²) >= 11 is 0. The number of primary amides is 1. The van der Waals surface area contributed by atoms with E-state index in [9.17, 15) is 4.79 Å². The first-order valence-corrected chi connectivity index (χ1v) is 5.85. The molecule has 0 aliphatic rings. The van der Waals surface area contributed by atoms with Crippen molar-refractivity contribution in [1.29, 1.82) is 0 Å². The monoisotopic (exact) mass is 269 g/mol. The van der Waals surface area contributed by atoms with Crippen molar-refractivity contribution in [2.45, 2.75) is 0 Å². The van der Waals surface area contributed by atoms with E-state index in [0.29, 0.717) is 33.9 Å². The molecule has 0 radical (unpaired) electrons. The summed E-state index contributed by atoms with van der Waals surface area (Å²) < 4.78 is 5.63. The quantitative estimate of drug-likeness (QED) is 0.706. The molecule has 1 amide bonds. The number of para-hydroxylation sites is 1. The van der Waals surface area contributed by atoms with Crippen LogP contribution in [0.4, 0.5) is 0 Å². The molecule has 0 aliphatic carbocycles. The van der Waals surface area contributed by atoms with Gasteiger partial charge >= 0.3 is 0 Å². The molecule has 4 N–H and O–H groups in total. The van der Waals surface area contributed by atoms with E-state index in [1.54, 1.807) is 36.4 Å². The Labute approximate surface area is 113 Å². The SMILES string of the molecule is NOc1ccccc1-c1nc2ccc(C(N)=O)cc2o1. The van der Waals surface area contributed by atoms with Crippen LogP contribution in [-0.4, -0.2) is 10.9 Å². The van der Waals surface area contributed by atoms with Gasteiger partial charge in [0.25, 0.3) is 0 Å². The molecular formula is C14H11N3O3. The molecule has 0 saturated heterocycles. The maximum absolute atomic E-state index is 11.1. The fourth-order valence-electron chi connectivity index (χ4n) is 1.94. The van der Waals surface area contributed by atoms with Crippen LogP contribution in [0.25, 0.3) is 22.6 Å². The van der Waals surface area contributed by atoms with Gasteiger partial charge in [0.15, 0.2) is 11.3 Å². The number of rotatable bonds is 3. The molecular weight excluding hydrogens is 258 g/mol. The summed E-state index contributed by atoms with van der Waals surface area (Å²) in [6.07, 6.45) is 0. The van der Waals surface area contributed by atoms with Crippen LogP contribution in [0.1, 0.15) is 10.4 Å². The Morgan fingerprint density at radius 2 is 2.00 bits per heavy atom. The largest absolute Gasteiger partial charge is 0.436 e. The lowest BCUT2D eigenvalue weighted by Crippen LogP contribution is -2.10. The van der Waals surface area contributed by atoms with Crippen LogP contribution in [0, 0.1) is 0 Å². The van der Waals surface area contributed by atoms with Crippen LogP contribution >= 0.6 is 0 Å². The number of carbonyl (C=O) groups excluding carboxylic acids is 1. The second-order valence-electron chi connectivity index (χ2n) is 4.18. The van der Waals surface area contributed by atoms with Crippen LogP contribution in [-0.2, 0) is 0 Å². The number of nitrogens with two attached hydrogens (primary N) is 2. The van der Waals surface area contributed by atoms with Gasteiger partial charge in [-0.3, -0.25) is 4.79 Å². The van der Waals surface area contributed by atoms with E-state index in [0.717, 1.165) is 0 Å². The lowest BCUT2D eigenvalue weighted by molar-refractivity contribution is 0.100. The molecule has 1 aromatic heterocycles. The van der Waals surface area contributed by atoms with Crippen molar-refractivity contribution in [3.63, 3.8) is 0 Å². The summed E-state index contributed by atoms with van der Waals surface area (Å²) in [5.41, 5.74) is 7.32. The Morgan fingerprint density at radius 1 is 1.20 bits per heavy atom. The van der Waals surface area contributed by atoms with Crippen molar-refractivity contribution < 1.29 is 14.0 Å². The van der Waals surface area contributed by atoms with Crippen molar-refractivity contribution in [3.05, 3.63) is 48.0 Å². The Morgan fingerprint density at radius 3 is 2.75 bits per heavy atom. The van der Waals surface area contributed by atoms with Gasteiger partial charge in [-0.25, -0.2) is 4.98 Å². The second kappa shape index (κ2) is 4.67. The van der Waals surface area contributed by atoms with Gasteiger partial charge in [0.05, 0.1) is 5.56 Å². The number of amides is 1.